The Balaban J connectivity index is 2.11. The Bertz CT molecular complexity index is 198. The van der Waals surface area contributed by atoms with Crippen molar-refractivity contribution < 1.29 is 9.53 Å². The monoisotopic (exact) mass is 186 g/mol. The lowest BCUT2D eigenvalue weighted by atomic mass is 10.2. The third-order valence-electron chi connectivity index (χ3n) is 1.88. The maximum atomic E-state index is 11.1. The quantitative estimate of drug-likeness (QED) is 0.672. The van der Waals surface area contributed by atoms with Gasteiger partial charge in [-0.05, 0) is 33.1 Å². The highest BCUT2D eigenvalue weighted by atomic mass is 16.6. The first-order valence-electron chi connectivity index (χ1n) is 4.61. The Hall–Kier alpha value is -0.770. The molecule has 0 heterocycles. The largest absolute Gasteiger partial charge is 0.444 e. The molecule has 0 aromatic rings. The summed E-state index contributed by atoms with van der Waals surface area (Å²) < 4.78 is 5.06. The smallest absolute Gasteiger partial charge is 0.407 e. The molecule has 0 bridgehead atoms. The van der Waals surface area contributed by atoms with E-state index in [0.29, 0.717) is 12.5 Å². The highest BCUT2D eigenvalue weighted by Crippen LogP contribution is 2.26. The molecule has 2 atom stereocenters. The second-order valence-corrected chi connectivity index (χ2v) is 4.54. The number of amides is 1. The zero-order valence-corrected chi connectivity index (χ0v) is 8.46. The molecule has 1 aliphatic carbocycles. The van der Waals surface area contributed by atoms with E-state index in [9.17, 15) is 4.79 Å². The molecule has 1 aliphatic rings. The van der Waals surface area contributed by atoms with Gasteiger partial charge in [-0.15, -0.1) is 0 Å². The molecular formula is C9H18N2O2. The summed E-state index contributed by atoms with van der Waals surface area (Å²) in [6.45, 7) is 6.16. The van der Waals surface area contributed by atoms with Crippen molar-refractivity contribution >= 4 is 6.09 Å². The van der Waals surface area contributed by atoms with E-state index < -0.39 is 5.60 Å². The van der Waals surface area contributed by atoms with Gasteiger partial charge < -0.3 is 15.8 Å². The number of carbonyl (C=O) groups excluding carboxylic acids is 1. The predicted molar refractivity (Wildman–Crippen MR) is 50.3 cm³/mol. The van der Waals surface area contributed by atoms with E-state index in [1.165, 1.54) is 0 Å². The van der Waals surface area contributed by atoms with E-state index in [1.54, 1.807) is 0 Å². The molecule has 76 valence electrons. The molecule has 0 saturated heterocycles. The Morgan fingerprint density at radius 2 is 2.15 bits per heavy atom. The van der Waals surface area contributed by atoms with Gasteiger partial charge in [0, 0.05) is 12.6 Å². The van der Waals surface area contributed by atoms with Gasteiger partial charge in [0.25, 0.3) is 0 Å². The van der Waals surface area contributed by atoms with Crippen molar-refractivity contribution in [2.24, 2.45) is 11.7 Å². The zero-order valence-electron chi connectivity index (χ0n) is 8.46. The van der Waals surface area contributed by atoms with Crippen LogP contribution in [0.3, 0.4) is 0 Å². The normalized spacial score (nSPS) is 26.8. The minimum absolute atomic E-state index is 0.273. The molecule has 4 nitrogen and oxygen atoms in total. The van der Waals surface area contributed by atoms with Gasteiger partial charge in [0.05, 0.1) is 0 Å². The van der Waals surface area contributed by atoms with Gasteiger partial charge in [-0.2, -0.15) is 0 Å². The topological polar surface area (TPSA) is 64.3 Å². The number of carbonyl (C=O) groups is 1. The van der Waals surface area contributed by atoms with Crippen LogP contribution in [0.4, 0.5) is 4.79 Å². The Morgan fingerprint density at radius 3 is 2.54 bits per heavy atom. The Labute approximate surface area is 78.8 Å². The van der Waals surface area contributed by atoms with Crippen LogP contribution in [-0.2, 0) is 4.74 Å². The van der Waals surface area contributed by atoms with E-state index >= 15 is 0 Å². The van der Waals surface area contributed by atoms with Gasteiger partial charge >= 0.3 is 6.09 Å². The lowest BCUT2D eigenvalue weighted by molar-refractivity contribution is 0.0525. The van der Waals surface area contributed by atoms with Gasteiger partial charge in [-0.1, -0.05) is 0 Å². The Morgan fingerprint density at radius 1 is 1.62 bits per heavy atom. The summed E-state index contributed by atoms with van der Waals surface area (Å²) in [4.78, 5) is 11.1. The van der Waals surface area contributed by atoms with E-state index in [1.807, 2.05) is 20.8 Å². The molecule has 1 fully saturated rings. The van der Waals surface area contributed by atoms with Crippen LogP contribution in [0.15, 0.2) is 0 Å². The number of ether oxygens (including phenoxy) is 1. The van der Waals surface area contributed by atoms with Crippen LogP contribution in [0.1, 0.15) is 27.2 Å². The number of hydrogen-bond acceptors (Lipinski definition) is 3. The fourth-order valence-corrected chi connectivity index (χ4v) is 1.03. The SMILES string of the molecule is CC(C)(C)OC(=O)NC[C@@H]1C[C@@H]1N. The summed E-state index contributed by atoms with van der Waals surface area (Å²) in [5.41, 5.74) is 5.17. The number of alkyl carbamates (subject to hydrolysis) is 1. The highest BCUT2D eigenvalue weighted by molar-refractivity contribution is 5.67. The summed E-state index contributed by atoms with van der Waals surface area (Å²) >= 11 is 0. The number of nitrogens with one attached hydrogen (secondary N) is 1. The van der Waals surface area contributed by atoms with Crippen molar-refractivity contribution in [2.45, 2.75) is 38.8 Å². The number of rotatable bonds is 2. The van der Waals surface area contributed by atoms with Crippen LogP contribution in [0.2, 0.25) is 0 Å². The molecule has 13 heavy (non-hydrogen) atoms. The first-order valence-corrected chi connectivity index (χ1v) is 4.61. The minimum Gasteiger partial charge on any atom is -0.444 e. The fraction of sp³-hybridized carbons (Fsp3) is 0.889. The predicted octanol–water partition coefficient (Wildman–Crippen LogP) is 0.858. The molecule has 4 heteroatoms. The summed E-state index contributed by atoms with van der Waals surface area (Å²) in [5, 5.41) is 2.69. The third-order valence-corrected chi connectivity index (χ3v) is 1.88. The van der Waals surface area contributed by atoms with Crippen LogP contribution in [0.25, 0.3) is 0 Å². The number of hydrogen-bond donors (Lipinski definition) is 2. The second-order valence-electron chi connectivity index (χ2n) is 4.54. The van der Waals surface area contributed by atoms with Gasteiger partial charge in [0.2, 0.25) is 0 Å². The molecule has 0 spiro atoms. The van der Waals surface area contributed by atoms with Gasteiger partial charge in [-0.25, -0.2) is 4.79 Å². The number of nitrogens with two attached hydrogens (primary N) is 1. The molecule has 1 amide bonds. The van der Waals surface area contributed by atoms with Gasteiger partial charge in [0.15, 0.2) is 0 Å². The fourth-order valence-electron chi connectivity index (χ4n) is 1.03. The average molecular weight is 186 g/mol. The van der Waals surface area contributed by atoms with E-state index in [-0.39, 0.29) is 12.1 Å². The third kappa shape index (κ3) is 4.12. The molecule has 0 aliphatic heterocycles. The lowest BCUT2D eigenvalue weighted by Gasteiger charge is -2.19. The van der Waals surface area contributed by atoms with Crippen molar-refractivity contribution in [3.8, 4) is 0 Å². The van der Waals surface area contributed by atoms with Crippen molar-refractivity contribution in [3.05, 3.63) is 0 Å². The summed E-state index contributed by atoms with van der Waals surface area (Å²) in [7, 11) is 0. The maximum absolute atomic E-state index is 11.1. The molecule has 0 radical (unpaired) electrons. The zero-order chi connectivity index (χ0) is 10.1. The van der Waals surface area contributed by atoms with Crippen molar-refractivity contribution in [1.29, 1.82) is 0 Å². The van der Waals surface area contributed by atoms with E-state index in [4.69, 9.17) is 10.5 Å². The van der Waals surface area contributed by atoms with E-state index in [2.05, 4.69) is 5.32 Å². The molecule has 1 rings (SSSR count). The van der Waals surface area contributed by atoms with Crippen LogP contribution in [0, 0.1) is 5.92 Å². The molecule has 0 aromatic carbocycles. The molecule has 1 saturated carbocycles. The van der Waals surface area contributed by atoms with Crippen LogP contribution in [0.5, 0.6) is 0 Å². The molecular weight excluding hydrogens is 168 g/mol. The second kappa shape index (κ2) is 3.54. The van der Waals surface area contributed by atoms with Gasteiger partial charge in [0.1, 0.15) is 5.60 Å². The van der Waals surface area contributed by atoms with E-state index in [0.717, 1.165) is 6.42 Å². The maximum Gasteiger partial charge on any atom is 0.407 e. The first-order chi connectivity index (χ1) is 5.88. The van der Waals surface area contributed by atoms with Crippen LogP contribution in [-0.4, -0.2) is 24.3 Å². The molecule has 3 N–H and O–H groups in total. The lowest BCUT2D eigenvalue weighted by Crippen LogP contribution is -2.34. The molecule has 0 unspecified atom stereocenters. The van der Waals surface area contributed by atoms with Crippen molar-refractivity contribution in [1.82, 2.24) is 5.32 Å². The average Bonchev–Trinajstić information content (AvgIpc) is 2.58. The minimum atomic E-state index is -0.421. The van der Waals surface area contributed by atoms with Gasteiger partial charge in [-0.3, -0.25) is 0 Å². The summed E-state index contributed by atoms with van der Waals surface area (Å²) in [6, 6.07) is 0.273. The highest BCUT2D eigenvalue weighted by Gasteiger charge is 2.33. The van der Waals surface area contributed by atoms with Crippen LogP contribution < -0.4 is 11.1 Å². The van der Waals surface area contributed by atoms with Crippen molar-refractivity contribution in [3.63, 3.8) is 0 Å². The Kier molecular flexibility index (Phi) is 2.81. The van der Waals surface area contributed by atoms with Crippen LogP contribution >= 0.6 is 0 Å². The summed E-state index contributed by atoms with van der Waals surface area (Å²) in [6.07, 6.45) is 0.655. The standard InChI is InChI=1S/C9H18N2O2/c1-9(2,3)13-8(12)11-5-6-4-7(6)10/h6-7H,4-5,10H2,1-3H3,(H,11,12)/t6-,7-/m0/s1. The summed E-state index contributed by atoms with van der Waals surface area (Å²) in [5.74, 6) is 0.451. The van der Waals surface area contributed by atoms with Crippen molar-refractivity contribution in [2.75, 3.05) is 6.54 Å². The first kappa shape index (κ1) is 10.3. The molecule has 0 aromatic heterocycles.